The molecule has 1 aromatic carbocycles. The van der Waals surface area contributed by atoms with E-state index in [0.29, 0.717) is 0 Å². The molecule has 2 fully saturated rings. The van der Waals surface area contributed by atoms with Gasteiger partial charge in [0.1, 0.15) is 0 Å². The quantitative estimate of drug-likeness (QED) is 0.799. The maximum atomic E-state index is 3.50. The molecule has 86 valence electrons. The molecule has 3 rings (SSSR count). The Hall–Kier alpha value is -0.820. The van der Waals surface area contributed by atoms with Gasteiger partial charge in [-0.2, -0.15) is 0 Å². The van der Waals surface area contributed by atoms with Gasteiger partial charge in [-0.15, -0.1) is 0 Å². The fourth-order valence-electron chi connectivity index (χ4n) is 3.44. The van der Waals surface area contributed by atoms with E-state index < -0.39 is 0 Å². The Labute approximate surface area is 98.3 Å². The van der Waals surface area contributed by atoms with E-state index in [1.807, 2.05) is 0 Å². The maximum absolute atomic E-state index is 3.50. The summed E-state index contributed by atoms with van der Waals surface area (Å²) >= 11 is 0. The molecule has 0 amide bonds. The third-order valence-corrected chi connectivity index (χ3v) is 4.47. The molecule has 1 aromatic rings. The first-order valence-electron chi connectivity index (χ1n) is 6.62. The van der Waals surface area contributed by atoms with Gasteiger partial charge in [-0.05, 0) is 55.2 Å². The van der Waals surface area contributed by atoms with Gasteiger partial charge in [0.05, 0.1) is 0 Å². The molecule has 1 heterocycles. The van der Waals surface area contributed by atoms with E-state index in [2.05, 4.69) is 42.6 Å². The predicted octanol–water partition coefficient (Wildman–Crippen LogP) is 3.04. The molecular weight excluding hydrogens is 194 g/mol. The second-order valence-corrected chi connectivity index (χ2v) is 5.55. The van der Waals surface area contributed by atoms with Gasteiger partial charge in [0.15, 0.2) is 0 Å². The molecule has 1 saturated carbocycles. The summed E-state index contributed by atoms with van der Waals surface area (Å²) < 4.78 is 0. The molecule has 4 unspecified atom stereocenters. The molecule has 2 aliphatic rings. The van der Waals surface area contributed by atoms with Gasteiger partial charge in [-0.25, -0.2) is 0 Å². The van der Waals surface area contributed by atoms with Gasteiger partial charge in [-0.1, -0.05) is 37.3 Å². The molecular formula is C15H21N. The topological polar surface area (TPSA) is 12.0 Å². The minimum absolute atomic E-state index is 0.867. The van der Waals surface area contributed by atoms with Crippen molar-refractivity contribution in [2.45, 2.75) is 25.7 Å². The van der Waals surface area contributed by atoms with Crippen LogP contribution in [0.3, 0.4) is 0 Å². The molecule has 1 N–H and O–H groups in total. The molecule has 1 saturated heterocycles. The lowest BCUT2D eigenvalue weighted by molar-refractivity contribution is 0.240. The first kappa shape index (κ1) is 10.3. The number of hydrogen-bond donors (Lipinski definition) is 1. The zero-order valence-corrected chi connectivity index (χ0v) is 10.0. The van der Waals surface area contributed by atoms with Crippen molar-refractivity contribution in [1.82, 2.24) is 5.32 Å². The lowest BCUT2D eigenvalue weighted by atomic mass is 9.83. The highest BCUT2D eigenvalue weighted by molar-refractivity contribution is 5.26. The van der Waals surface area contributed by atoms with Gasteiger partial charge < -0.3 is 5.32 Å². The van der Waals surface area contributed by atoms with E-state index in [1.165, 1.54) is 25.9 Å². The summed E-state index contributed by atoms with van der Waals surface area (Å²) in [4.78, 5) is 0. The Bertz CT molecular complexity index is 346. The molecule has 0 radical (unpaired) electrons. The van der Waals surface area contributed by atoms with Gasteiger partial charge >= 0.3 is 0 Å². The van der Waals surface area contributed by atoms with E-state index in [9.17, 15) is 0 Å². The molecule has 1 aliphatic heterocycles. The van der Waals surface area contributed by atoms with Crippen molar-refractivity contribution in [3.63, 3.8) is 0 Å². The molecule has 16 heavy (non-hydrogen) atoms. The van der Waals surface area contributed by atoms with E-state index >= 15 is 0 Å². The van der Waals surface area contributed by atoms with Crippen molar-refractivity contribution < 1.29 is 0 Å². The largest absolute Gasteiger partial charge is 0.316 e. The highest BCUT2D eigenvalue weighted by Gasteiger charge is 2.45. The van der Waals surface area contributed by atoms with Crippen LogP contribution in [-0.4, -0.2) is 13.1 Å². The van der Waals surface area contributed by atoms with E-state index in [0.717, 1.165) is 23.7 Å². The summed E-state index contributed by atoms with van der Waals surface area (Å²) in [5, 5.41) is 3.50. The van der Waals surface area contributed by atoms with Crippen LogP contribution in [-0.2, 0) is 0 Å². The molecule has 0 aromatic heterocycles. The Morgan fingerprint density at radius 2 is 1.94 bits per heavy atom. The summed E-state index contributed by atoms with van der Waals surface area (Å²) in [6, 6.07) is 11.1. The monoisotopic (exact) mass is 215 g/mol. The van der Waals surface area contributed by atoms with Crippen molar-refractivity contribution in [3.05, 3.63) is 35.9 Å². The zero-order chi connectivity index (χ0) is 11.0. The lowest BCUT2D eigenvalue weighted by Gasteiger charge is -2.30. The van der Waals surface area contributed by atoms with Gasteiger partial charge in [0.25, 0.3) is 0 Å². The van der Waals surface area contributed by atoms with Gasteiger partial charge in [0.2, 0.25) is 0 Å². The molecule has 1 aliphatic carbocycles. The maximum Gasteiger partial charge on any atom is -0.00204 e. The van der Waals surface area contributed by atoms with Crippen LogP contribution in [0.15, 0.2) is 30.3 Å². The summed E-state index contributed by atoms with van der Waals surface area (Å²) in [6.07, 6.45) is 2.81. The van der Waals surface area contributed by atoms with Crippen LogP contribution < -0.4 is 5.32 Å². The van der Waals surface area contributed by atoms with Crippen LogP contribution in [0.5, 0.6) is 0 Å². The smallest absolute Gasteiger partial charge is 0.00204 e. The lowest BCUT2D eigenvalue weighted by Crippen LogP contribution is -2.36. The van der Waals surface area contributed by atoms with Crippen molar-refractivity contribution in [3.8, 4) is 0 Å². The summed E-state index contributed by atoms with van der Waals surface area (Å²) in [5.74, 6) is 3.67. The van der Waals surface area contributed by atoms with E-state index in [4.69, 9.17) is 0 Å². The number of piperidine rings is 1. The predicted molar refractivity (Wildman–Crippen MR) is 67.4 cm³/mol. The first-order chi connectivity index (χ1) is 7.86. The Balaban J connectivity index is 1.67. The number of hydrogen-bond acceptors (Lipinski definition) is 1. The second-order valence-electron chi connectivity index (χ2n) is 5.55. The van der Waals surface area contributed by atoms with Crippen LogP contribution in [0.25, 0.3) is 0 Å². The molecule has 0 bridgehead atoms. The van der Waals surface area contributed by atoms with Crippen LogP contribution in [0.2, 0.25) is 0 Å². The summed E-state index contributed by atoms with van der Waals surface area (Å²) in [6.45, 7) is 4.87. The minimum Gasteiger partial charge on any atom is -0.316 e. The molecule has 1 nitrogen and oxygen atoms in total. The van der Waals surface area contributed by atoms with E-state index in [-0.39, 0.29) is 0 Å². The number of rotatable bonds is 2. The zero-order valence-electron chi connectivity index (χ0n) is 10.0. The third-order valence-electron chi connectivity index (χ3n) is 4.47. The average molecular weight is 215 g/mol. The number of nitrogens with one attached hydrogen (secondary N) is 1. The fraction of sp³-hybridized carbons (Fsp3) is 0.600. The van der Waals surface area contributed by atoms with E-state index in [1.54, 1.807) is 5.56 Å². The van der Waals surface area contributed by atoms with Gasteiger partial charge in [-0.3, -0.25) is 0 Å². The Morgan fingerprint density at radius 1 is 1.12 bits per heavy atom. The summed E-state index contributed by atoms with van der Waals surface area (Å²) in [5.41, 5.74) is 1.57. The second kappa shape index (κ2) is 4.21. The fourth-order valence-corrected chi connectivity index (χ4v) is 3.44. The highest BCUT2D eigenvalue weighted by atomic mass is 14.9. The number of benzene rings is 1. The van der Waals surface area contributed by atoms with Crippen LogP contribution in [0, 0.1) is 17.8 Å². The van der Waals surface area contributed by atoms with Crippen molar-refractivity contribution in [2.75, 3.05) is 13.1 Å². The SMILES string of the molecule is CC1CNCCC1C1CC1c1ccccc1. The van der Waals surface area contributed by atoms with Crippen molar-refractivity contribution >= 4 is 0 Å². The summed E-state index contributed by atoms with van der Waals surface area (Å²) in [7, 11) is 0. The molecule has 1 heteroatoms. The van der Waals surface area contributed by atoms with Crippen molar-refractivity contribution in [2.24, 2.45) is 17.8 Å². The van der Waals surface area contributed by atoms with Crippen LogP contribution in [0.4, 0.5) is 0 Å². The third kappa shape index (κ3) is 1.89. The molecule has 4 atom stereocenters. The standard InChI is InChI=1S/C15H21N/c1-11-10-16-8-7-13(11)15-9-14(15)12-5-3-2-4-6-12/h2-6,11,13-16H,7-10H2,1H3. The minimum atomic E-state index is 0.867. The molecule has 0 spiro atoms. The first-order valence-corrected chi connectivity index (χ1v) is 6.62. The van der Waals surface area contributed by atoms with Gasteiger partial charge in [0, 0.05) is 0 Å². The van der Waals surface area contributed by atoms with Crippen LogP contribution in [0.1, 0.15) is 31.2 Å². The normalized spacial score (nSPS) is 38.3. The van der Waals surface area contributed by atoms with Crippen LogP contribution >= 0.6 is 0 Å². The van der Waals surface area contributed by atoms with Crippen molar-refractivity contribution in [1.29, 1.82) is 0 Å². The Kier molecular flexibility index (Phi) is 2.72. The average Bonchev–Trinajstić information content (AvgIpc) is 3.11. The Morgan fingerprint density at radius 3 is 2.69 bits per heavy atom. The highest BCUT2D eigenvalue weighted by Crippen LogP contribution is 2.54.